The van der Waals surface area contributed by atoms with Gasteiger partial charge in [0.1, 0.15) is 5.82 Å². The summed E-state index contributed by atoms with van der Waals surface area (Å²) in [5.41, 5.74) is 0. The number of aromatic nitrogens is 2. The summed E-state index contributed by atoms with van der Waals surface area (Å²) in [6, 6.07) is -0.722. The number of hydrogen-bond donors (Lipinski definition) is 1. The summed E-state index contributed by atoms with van der Waals surface area (Å²) in [5.74, 6) is -1.36. The highest BCUT2D eigenvalue weighted by atomic mass is 32.2. The summed E-state index contributed by atoms with van der Waals surface area (Å²) in [6.07, 6.45) is 1.41. The molecular weight excluding hydrogens is 286 g/mol. The molecule has 2 heterocycles. The van der Waals surface area contributed by atoms with E-state index in [4.69, 9.17) is 9.84 Å². The van der Waals surface area contributed by atoms with E-state index in [1.54, 1.807) is 18.5 Å². The maximum Gasteiger partial charge on any atom is 0.310 e. The summed E-state index contributed by atoms with van der Waals surface area (Å²) in [4.78, 5) is 15.1. The van der Waals surface area contributed by atoms with Gasteiger partial charge >= 0.3 is 5.97 Å². The summed E-state index contributed by atoms with van der Waals surface area (Å²) >= 11 is 0. The molecule has 2 atom stereocenters. The second-order valence-electron chi connectivity index (χ2n) is 4.81. The van der Waals surface area contributed by atoms with Crippen molar-refractivity contribution in [3.8, 4) is 0 Å². The van der Waals surface area contributed by atoms with E-state index < -0.39 is 28.0 Å². The van der Waals surface area contributed by atoms with Gasteiger partial charge in [0.2, 0.25) is 0 Å². The first-order valence-corrected chi connectivity index (χ1v) is 7.47. The van der Waals surface area contributed by atoms with E-state index in [0.717, 1.165) is 4.31 Å². The van der Waals surface area contributed by atoms with Gasteiger partial charge in [0.05, 0.1) is 25.2 Å². The number of likely N-dealkylation sites (N-methyl/N-ethyl adjacent to an activating group) is 1. The minimum absolute atomic E-state index is 0.0150. The molecule has 8 nitrogen and oxygen atoms in total. The highest BCUT2D eigenvalue weighted by molar-refractivity contribution is 7.89. The molecule has 0 aromatic carbocycles. The maximum atomic E-state index is 12.5. The fourth-order valence-corrected chi connectivity index (χ4v) is 3.51. The summed E-state index contributed by atoms with van der Waals surface area (Å²) in [5, 5.41) is 9.01. The van der Waals surface area contributed by atoms with Crippen molar-refractivity contribution < 1.29 is 23.1 Å². The van der Waals surface area contributed by atoms with Crippen molar-refractivity contribution in [1.29, 1.82) is 0 Å². The number of nitrogens with zero attached hydrogens (tertiary/aromatic N) is 3. The zero-order valence-corrected chi connectivity index (χ0v) is 12.3. The third-order valence-corrected chi connectivity index (χ3v) is 5.32. The second kappa shape index (κ2) is 5.15. The third-order valence-electron chi connectivity index (χ3n) is 3.56. The lowest BCUT2D eigenvalue weighted by atomic mass is 10.1. The van der Waals surface area contributed by atoms with Crippen LogP contribution >= 0.6 is 0 Å². The van der Waals surface area contributed by atoms with Gasteiger partial charge in [0, 0.05) is 20.3 Å². The number of carbonyl (C=O) groups is 1. The summed E-state index contributed by atoms with van der Waals surface area (Å²) in [7, 11) is -0.782. The van der Waals surface area contributed by atoms with Crippen LogP contribution in [0.5, 0.6) is 0 Å². The number of rotatable bonds is 4. The van der Waals surface area contributed by atoms with Gasteiger partial charge in [-0.3, -0.25) is 4.79 Å². The zero-order chi connectivity index (χ0) is 15.1. The molecule has 0 aliphatic carbocycles. The first-order valence-electron chi connectivity index (χ1n) is 6.03. The number of aliphatic carboxylic acids is 1. The molecule has 1 N–H and O–H groups in total. The van der Waals surface area contributed by atoms with E-state index in [2.05, 4.69) is 4.98 Å². The van der Waals surface area contributed by atoms with Crippen molar-refractivity contribution in [2.75, 3.05) is 20.3 Å². The number of aryl methyl sites for hydroxylation is 2. The quantitative estimate of drug-likeness (QED) is 0.800. The van der Waals surface area contributed by atoms with Crippen LogP contribution < -0.4 is 0 Å². The molecule has 1 aromatic heterocycles. The Morgan fingerprint density at radius 3 is 2.70 bits per heavy atom. The van der Waals surface area contributed by atoms with E-state index in [1.165, 1.54) is 13.2 Å². The fourth-order valence-electron chi connectivity index (χ4n) is 2.11. The number of imidazole rings is 1. The molecule has 1 aliphatic heterocycles. The first kappa shape index (κ1) is 14.9. The molecule has 1 aliphatic rings. The highest BCUT2D eigenvalue weighted by Crippen LogP contribution is 2.24. The lowest BCUT2D eigenvalue weighted by Crippen LogP contribution is -2.44. The van der Waals surface area contributed by atoms with Crippen LogP contribution in [0, 0.1) is 12.8 Å². The Kier molecular flexibility index (Phi) is 3.85. The van der Waals surface area contributed by atoms with Gasteiger partial charge in [-0.15, -0.1) is 0 Å². The monoisotopic (exact) mass is 303 g/mol. The molecule has 112 valence electrons. The van der Waals surface area contributed by atoms with Crippen molar-refractivity contribution in [2.24, 2.45) is 13.0 Å². The molecular formula is C11H17N3O5S. The Morgan fingerprint density at radius 2 is 2.20 bits per heavy atom. The van der Waals surface area contributed by atoms with Crippen LogP contribution in [-0.2, 0) is 26.6 Å². The van der Waals surface area contributed by atoms with E-state index in [0.29, 0.717) is 5.82 Å². The average Bonchev–Trinajstić information content (AvgIpc) is 2.96. The second-order valence-corrected chi connectivity index (χ2v) is 6.75. The van der Waals surface area contributed by atoms with E-state index in [9.17, 15) is 13.2 Å². The van der Waals surface area contributed by atoms with Crippen LogP contribution in [0.4, 0.5) is 0 Å². The maximum absolute atomic E-state index is 12.5. The van der Waals surface area contributed by atoms with Crippen molar-refractivity contribution in [1.82, 2.24) is 13.9 Å². The molecule has 0 amide bonds. The predicted octanol–water partition coefficient (Wildman–Crippen LogP) is -0.551. The Hall–Kier alpha value is -1.45. The first-order chi connectivity index (χ1) is 9.25. The number of hydrogen-bond acceptors (Lipinski definition) is 5. The molecule has 2 unspecified atom stereocenters. The molecule has 1 fully saturated rings. The lowest BCUT2D eigenvalue weighted by Gasteiger charge is -2.24. The Bertz CT molecular complexity index is 605. The standard InChI is InChI=1S/C11H17N3O5S/c1-7-12-10(4-13(7)2)20(17,18)14(3)9-6-19-5-8(9)11(15)16/h4,8-9H,5-6H2,1-3H3,(H,15,16). The molecule has 0 radical (unpaired) electrons. The van der Waals surface area contributed by atoms with Crippen LogP contribution in [0.15, 0.2) is 11.2 Å². The number of sulfonamides is 1. The third kappa shape index (κ3) is 2.43. The molecule has 1 saturated heterocycles. The Balaban J connectivity index is 2.31. The predicted molar refractivity (Wildman–Crippen MR) is 68.6 cm³/mol. The smallest absolute Gasteiger partial charge is 0.310 e. The molecule has 20 heavy (non-hydrogen) atoms. The van der Waals surface area contributed by atoms with Crippen LogP contribution in [-0.4, -0.2) is 59.7 Å². The van der Waals surface area contributed by atoms with Gasteiger partial charge in [0.15, 0.2) is 5.03 Å². The largest absolute Gasteiger partial charge is 0.481 e. The summed E-state index contributed by atoms with van der Waals surface area (Å²) < 4.78 is 32.6. The van der Waals surface area contributed by atoms with Gasteiger partial charge in [-0.25, -0.2) is 13.4 Å². The molecule has 0 saturated carbocycles. The zero-order valence-electron chi connectivity index (χ0n) is 11.5. The molecule has 0 bridgehead atoms. The minimum Gasteiger partial charge on any atom is -0.481 e. The lowest BCUT2D eigenvalue weighted by molar-refractivity contribution is -0.142. The topological polar surface area (TPSA) is 102 Å². The number of carboxylic acids is 1. The van der Waals surface area contributed by atoms with Gasteiger partial charge in [-0.05, 0) is 6.92 Å². The number of ether oxygens (including phenoxy) is 1. The van der Waals surface area contributed by atoms with Crippen molar-refractivity contribution in [2.45, 2.75) is 18.0 Å². The van der Waals surface area contributed by atoms with Gasteiger partial charge < -0.3 is 14.4 Å². The van der Waals surface area contributed by atoms with Crippen LogP contribution in [0.2, 0.25) is 0 Å². The van der Waals surface area contributed by atoms with Crippen LogP contribution in [0.25, 0.3) is 0 Å². The minimum atomic E-state index is -3.83. The SMILES string of the molecule is Cc1nc(S(=O)(=O)N(C)C2COCC2C(=O)O)cn1C. The van der Waals surface area contributed by atoms with Crippen LogP contribution in [0.1, 0.15) is 5.82 Å². The van der Waals surface area contributed by atoms with Gasteiger partial charge in [-0.1, -0.05) is 0 Å². The molecule has 0 spiro atoms. The van der Waals surface area contributed by atoms with Crippen molar-refractivity contribution >= 4 is 16.0 Å². The normalized spacial score (nSPS) is 23.4. The van der Waals surface area contributed by atoms with E-state index in [1.807, 2.05) is 0 Å². The van der Waals surface area contributed by atoms with Gasteiger partial charge in [0.25, 0.3) is 10.0 Å². The molecule has 2 rings (SSSR count). The fraction of sp³-hybridized carbons (Fsp3) is 0.636. The Labute approximate surface area is 117 Å². The average molecular weight is 303 g/mol. The van der Waals surface area contributed by atoms with E-state index in [-0.39, 0.29) is 18.2 Å². The number of carboxylic acid groups (broad SMARTS) is 1. The molecule has 9 heteroatoms. The van der Waals surface area contributed by atoms with Gasteiger partial charge in [-0.2, -0.15) is 4.31 Å². The Morgan fingerprint density at radius 1 is 1.55 bits per heavy atom. The van der Waals surface area contributed by atoms with E-state index >= 15 is 0 Å². The summed E-state index contributed by atoms with van der Waals surface area (Å²) in [6.45, 7) is 1.78. The van der Waals surface area contributed by atoms with Crippen LogP contribution in [0.3, 0.4) is 0 Å². The highest BCUT2D eigenvalue weighted by Gasteiger charge is 2.42. The molecule has 1 aromatic rings. The van der Waals surface area contributed by atoms with Crippen molar-refractivity contribution in [3.63, 3.8) is 0 Å². The van der Waals surface area contributed by atoms with Crippen molar-refractivity contribution in [3.05, 3.63) is 12.0 Å².